The Morgan fingerprint density at radius 3 is 2.68 bits per heavy atom. The Bertz CT molecular complexity index is 1050. The van der Waals surface area contributed by atoms with E-state index in [0.29, 0.717) is 29.4 Å². The minimum absolute atomic E-state index is 0.171. The third-order valence-electron chi connectivity index (χ3n) is 6.28. The van der Waals surface area contributed by atoms with Crippen LogP contribution in [0.3, 0.4) is 0 Å². The van der Waals surface area contributed by atoms with Crippen LogP contribution in [0.15, 0.2) is 54.1 Å². The van der Waals surface area contributed by atoms with Crippen LogP contribution >= 0.6 is 20.8 Å². The van der Waals surface area contributed by atoms with Gasteiger partial charge in [0.15, 0.2) is 11.6 Å². The summed E-state index contributed by atoms with van der Waals surface area (Å²) >= 11 is 6.70. The van der Waals surface area contributed by atoms with Crippen LogP contribution in [0.25, 0.3) is 11.1 Å². The highest BCUT2D eigenvalue weighted by Gasteiger charge is 2.49. The number of allylic oxidation sites excluding steroid dienone is 2. The molecular formula is C28H35ClFO3P. The molecule has 0 bridgehead atoms. The van der Waals surface area contributed by atoms with Crippen molar-refractivity contribution >= 4 is 20.8 Å². The van der Waals surface area contributed by atoms with Crippen LogP contribution in [0.5, 0.6) is 5.75 Å². The summed E-state index contributed by atoms with van der Waals surface area (Å²) < 4.78 is 32.7. The van der Waals surface area contributed by atoms with Gasteiger partial charge >= 0.3 is 0 Å². The first kappa shape index (κ1) is 26.9. The number of hydrogen-bond donors (Lipinski definition) is 0. The molecule has 2 aromatic rings. The Morgan fingerprint density at radius 1 is 1.29 bits per heavy atom. The second-order valence-corrected chi connectivity index (χ2v) is 9.44. The number of hydrogen-bond acceptors (Lipinski definition) is 3. The number of benzene rings is 2. The van der Waals surface area contributed by atoms with Crippen molar-refractivity contribution in [3.8, 4) is 16.9 Å². The first-order valence-electron chi connectivity index (χ1n) is 11.8. The van der Waals surface area contributed by atoms with Gasteiger partial charge in [-0.3, -0.25) is 0 Å². The topological polar surface area (TPSA) is 31.0 Å². The SMILES string of the molecule is C/C=C(\C=C/CP)C1(c2ccc(Cl)c(-c3c(C(C)CCC)ccc(OCCOC)c3F)c2)CO1. The number of rotatable bonds is 12. The van der Waals surface area contributed by atoms with Gasteiger partial charge in [-0.25, -0.2) is 4.39 Å². The van der Waals surface area contributed by atoms with E-state index in [2.05, 4.69) is 41.3 Å². The molecule has 0 aliphatic carbocycles. The highest BCUT2D eigenvalue weighted by Crippen LogP contribution is 2.49. The van der Waals surface area contributed by atoms with Gasteiger partial charge in [0.2, 0.25) is 0 Å². The van der Waals surface area contributed by atoms with Crippen molar-refractivity contribution < 1.29 is 18.6 Å². The molecule has 3 nitrogen and oxygen atoms in total. The molecule has 0 saturated carbocycles. The van der Waals surface area contributed by atoms with Gasteiger partial charge in [-0.15, -0.1) is 9.24 Å². The van der Waals surface area contributed by atoms with Crippen LogP contribution in [0.2, 0.25) is 5.02 Å². The van der Waals surface area contributed by atoms with Gasteiger partial charge in [-0.2, -0.15) is 0 Å². The van der Waals surface area contributed by atoms with E-state index in [1.165, 1.54) is 0 Å². The average Bonchev–Trinajstić information content (AvgIpc) is 3.63. The number of halogens is 2. The zero-order valence-electron chi connectivity index (χ0n) is 20.5. The summed E-state index contributed by atoms with van der Waals surface area (Å²) in [5.41, 5.74) is 3.61. The molecular weight excluding hydrogens is 470 g/mol. The van der Waals surface area contributed by atoms with Gasteiger partial charge in [0.1, 0.15) is 12.2 Å². The first-order valence-corrected chi connectivity index (χ1v) is 13.0. The summed E-state index contributed by atoms with van der Waals surface area (Å²) in [6.07, 6.45) is 9.06. The largest absolute Gasteiger partial charge is 0.488 e. The second-order valence-electron chi connectivity index (χ2n) is 8.57. The maximum absolute atomic E-state index is 16.0. The van der Waals surface area contributed by atoms with Crippen molar-refractivity contribution in [3.63, 3.8) is 0 Å². The van der Waals surface area contributed by atoms with Crippen molar-refractivity contribution in [2.75, 3.05) is 33.1 Å². The standard InChI is InChI=1S/C28H35ClFO3P/c1-5-8-19(3)22-11-13-25(32-15-14-31-4)27(30)26(22)23-17-21(10-12-24(23)29)28(18-33-28)20(6-2)9-7-16-34/h6-7,9-13,17,19H,5,8,14-16,18,34H2,1-4H3/b9-7-,20-6+. The molecule has 3 unspecified atom stereocenters. The van der Waals surface area contributed by atoms with E-state index < -0.39 is 11.4 Å². The van der Waals surface area contributed by atoms with E-state index in [-0.39, 0.29) is 18.3 Å². The molecule has 0 aromatic heterocycles. The van der Waals surface area contributed by atoms with Crippen LogP contribution in [0.4, 0.5) is 4.39 Å². The minimum Gasteiger partial charge on any atom is -0.488 e. The molecule has 3 atom stereocenters. The Morgan fingerprint density at radius 2 is 2.06 bits per heavy atom. The summed E-state index contributed by atoms with van der Waals surface area (Å²) in [5, 5.41) is 0.500. The highest BCUT2D eigenvalue weighted by atomic mass is 35.5. The smallest absolute Gasteiger partial charge is 0.173 e. The Kier molecular flexibility index (Phi) is 9.74. The molecule has 34 heavy (non-hydrogen) atoms. The normalized spacial score (nSPS) is 19.0. The first-order chi connectivity index (χ1) is 16.4. The zero-order valence-corrected chi connectivity index (χ0v) is 22.4. The fraction of sp³-hybridized carbons (Fsp3) is 0.429. The molecule has 1 aliphatic heterocycles. The lowest BCUT2D eigenvalue weighted by Gasteiger charge is -2.21. The molecule has 0 amide bonds. The van der Waals surface area contributed by atoms with Gasteiger partial charge in [-0.1, -0.05) is 62.2 Å². The Hall–Kier alpha value is -1.71. The molecule has 3 rings (SSSR count). The monoisotopic (exact) mass is 504 g/mol. The number of epoxide rings is 1. The van der Waals surface area contributed by atoms with Crippen LogP contribution in [-0.4, -0.2) is 33.1 Å². The number of methoxy groups -OCH3 is 1. The maximum atomic E-state index is 16.0. The van der Waals surface area contributed by atoms with E-state index >= 15 is 4.39 Å². The van der Waals surface area contributed by atoms with Crippen molar-refractivity contribution in [2.45, 2.75) is 45.1 Å². The lowest BCUT2D eigenvalue weighted by Crippen LogP contribution is -2.12. The van der Waals surface area contributed by atoms with E-state index in [9.17, 15) is 0 Å². The summed E-state index contributed by atoms with van der Waals surface area (Å²) in [6.45, 7) is 7.51. The second kappa shape index (κ2) is 12.3. The third-order valence-corrected chi connectivity index (χ3v) is 6.88. The zero-order chi connectivity index (χ0) is 24.7. The maximum Gasteiger partial charge on any atom is 0.173 e. The lowest BCUT2D eigenvalue weighted by molar-refractivity contribution is 0.144. The van der Waals surface area contributed by atoms with Crippen LogP contribution < -0.4 is 4.74 Å². The molecule has 6 heteroatoms. The molecule has 0 spiro atoms. The molecule has 1 aliphatic rings. The highest BCUT2D eigenvalue weighted by molar-refractivity contribution is 7.16. The molecule has 0 radical (unpaired) electrons. The van der Waals surface area contributed by atoms with Gasteiger partial charge in [0, 0.05) is 23.3 Å². The predicted molar refractivity (Wildman–Crippen MR) is 143 cm³/mol. The minimum atomic E-state index is -0.525. The van der Waals surface area contributed by atoms with Crippen molar-refractivity contribution in [1.29, 1.82) is 0 Å². The predicted octanol–water partition coefficient (Wildman–Crippen LogP) is 7.68. The van der Waals surface area contributed by atoms with Gasteiger partial charge in [-0.05, 0) is 60.3 Å². The number of ether oxygens (including phenoxy) is 3. The van der Waals surface area contributed by atoms with E-state index in [0.717, 1.165) is 35.7 Å². The fourth-order valence-corrected chi connectivity index (χ4v) is 4.74. The summed E-state index contributed by atoms with van der Waals surface area (Å²) in [6, 6.07) is 9.47. The summed E-state index contributed by atoms with van der Waals surface area (Å²) in [7, 11) is 4.29. The lowest BCUT2D eigenvalue weighted by atomic mass is 9.85. The van der Waals surface area contributed by atoms with E-state index in [4.69, 9.17) is 25.8 Å². The van der Waals surface area contributed by atoms with Crippen LogP contribution in [0.1, 0.15) is 50.7 Å². The molecule has 2 aromatic carbocycles. The summed E-state index contributed by atoms with van der Waals surface area (Å²) in [5.74, 6) is -0.0177. The van der Waals surface area contributed by atoms with E-state index in [1.807, 2.05) is 31.2 Å². The molecule has 1 fully saturated rings. The van der Waals surface area contributed by atoms with E-state index in [1.54, 1.807) is 13.2 Å². The molecule has 1 saturated heterocycles. The third kappa shape index (κ3) is 5.74. The molecule has 1 heterocycles. The Balaban J connectivity index is 2.14. The van der Waals surface area contributed by atoms with Crippen molar-refractivity contribution in [1.82, 2.24) is 0 Å². The van der Waals surface area contributed by atoms with Gasteiger partial charge < -0.3 is 14.2 Å². The Labute approximate surface area is 210 Å². The quantitative estimate of drug-likeness (QED) is 0.128. The fourth-order valence-electron chi connectivity index (χ4n) is 4.39. The molecule has 184 valence electrons. The van der Waals surface area contributed by atoms with Crippen molar-refractivity contribution in [2.24, 2.45) is 0 Å². The van der Waals surface area contributed by atoms with Gasteiger partial charge in [0.25, 0.3) is 0 Å². The average molecular weight is 505 g/mol. The van der Waals surface area contributed by atoms with Gasteiger partial charge in [0.05, 0.1) is 13.2 Å². The van der Waals surface area contributed by atoms with Crippen LogP contribution in [0, 0.1) is 5.82 Å². The molecule has 0 N–H and O–H groups in total. The van der Waals surface area contributed by atoms with Crippen molar-refractivity contribution in [3.05, 3.63) is 76.1 Å². The van der Waals surface area contributed by atoms with Crippen LogP contribution in [-0.2, 0) is 15.1 Å². The summed E-state index contributed by atoms with van der Waals surface area (Å²) in [4.78, 5) is 0.